The second-order valence-electron chi connectivity index (χ2n) is 3.55. The van der Waals surface area contributed by atoms with Crippen LogP contribution in [0.3, 0.4) is 0 Å². The summed E-state index contributed by atoms with van der Waals surface area (Å²) in [6.07, 6.45) is 1.35. The first-order chi connectivity index (χ1) is 9.04. The number of nitrogens with one attached hydrogen (secondary N) is 1. The van der Waals surface area contributed by atoms with Gasteiger partial charge in [0.25, 0.3) is 10.0 Å². The summed E-state index contributed by atoms with van der Waals surface area (Å²) in [6, 6.07) is 10.9. The third-order valence-corrected chi connectivity index (χ3v) is 4.01. The van der Waals surface area contributed by atoms with Crippen molar-refractivity contribution in [2.24, 2.45) is 0 Å². The number of rotatable bonds is 3. The summed E-state index contributed by atoms with van der Waals surface area (Å²) in [5, 5.41) is 9.14. The molecule has 0 aliphatic rings. The van der Waals surface area contributed by atoms with E-state index in [1.165, 1.54) is 24.4 Å². The molecule has 0 aliphatic carbocycles. The second-order valence-corrected chi connectivity index (χ2v) is 5.61. The van der Waals surface area contributed by atoms with E-state index >= 15 is 0 Å². The molecule has 0 spiro atoms. The lowest BCUT2D eigenvalue weighted by molar-refractivity contribution is 0.600. The quantitative estimate of drug-likeness (QED) is 0.942. The third kappa shape index (κ3) is 2.84. The number of nitrogens with zero attached hydrogens (tertiary/aromatic N) is 2. The van der Waals surface area contributed by atoms with E-state index in [1.807, 2.05) is 0 Å². The average molecular weight is 294 g/mol. The number of benzene rings is 1. The van der Waals surface area contributed by atoms with Crippen molar-refractivity contribution in [3.63, 3.8) is 0 Å². The molecule has 2 aromatic rings. The van der Waals surface area contributed by atoms with E-state index in [0.29, 0.717) is 0 Å². The van der Waals surface area contributed by atoms with Crippen LogP contribution in [0.1, 0.15) is 5.69 Å². The van der Waals surface area contributed by atoms with E-state index in [2.05, 4.69) is 9.71 Å². The zero-order valence-electron chi connectivity index (χ0n) is 9.54. The molecule has 2 rings (SSSR count). The van der Waals surface area contributed by atoms with E-state index < -0.39 is 10.0 Å². The molecular formula is C12H8ClN3O2S. The summed E-state index contributed by atoms with van der Waals surface area (Å²) >= 11 is 5.88. The Bertz CT molecular complexity index is 754. The minimum Gasteiger partial charge on any atom is -0.278 e. The van der Waals surface area contributed by atoms with Gasteiger partial charge >= 0.3 is 0 Å². The number of sulfonamides is 1. The highest BCUT2D eigenvalue weighted by molar-refractivity contribution is 7.92. The maximum absolute atomic E-state index is 12.2. The summed E-state index contributed by atoms with van der Waals surface area (Å²) in [6.45, 7) is 0. The SMILES string of the molecule is N#Cc1ncccc1S(=O)(=O)Nc1ccccc1Cl. The molecule has 7 heteroatoms. The van der Waals surface area contributed by atoms with Gasteiger partial charge < -0.3 is 0 Å². The molecule has 0 fully saturated rings. The van der Waals surface area contributed by atoms with E-state index in [-0.39, 0.29) is 21.3 Å². The topological polar surface area (TPSA) is 82.8 Å². The lowest BCUT2D eigenvalue weighted by Crippen LogP contribution is -2.15. The average Bonchev–Trinajstić information content (AvgIpc) is 2.41. The number of hydrogen-bond acceptors (Lipinski definition) is 4. The highest BCUT2D eigenvalue weighted by Gasteiger charge is 2.20. The van der Waals surface area contributed by atoms with Crippen molar-refractivity contribution in [2.45, 2.75) is 4.90 Å². The Morgan fingerprint density at radius 3 is 2.63 bits per heavy atom. The lowest BCUT2D eigenvalue weighted by Gasteiger charge is -2.09. The van der Waals surface area contributed by atoms with Crippen LogP contribution in [0, 0.1) is 11.3 Å². The van der Waals surface area contributed by atoms with Gasteiger partial charge in [-0.2, -0.15) is 5.26 Å². The number of nitriles is 1. The summed E-state index contributed by atoms with van der Waals surface area (Å²) in [5.41, 5.74) is 0.0824. The van der Waals surface area contributed by atoms with Crippen LogP contribution in [0.15, 0.2) is 47.5 Å². The van der Waals surface area contributed by atoms with Crippen LogP contribution in [0.4, 0.5) is 5.69 Å². The number of hydrogen-bond donors (Lipinski definition) is 1. The van der Waals surface area contributed by atoms with Crippen molar-refractivity contribution in [3.05, 3.63) is 53.3 Å². The van der Waals surface area contributed by atoms with Crippen LogP contribution in [-0.2, 0) is 10.0 Å². The number of anilines is 1. The molecule has 0 aliphatic heterocycles. The highest BCUT2D eigenvalue weighted by atomic mass is 35.5. The van der Waals surface area contributed by atoms with Crippen molar-refractivity contribution in [1.29, 1.82) is 5.26 Å². The fourth-order valence-electron chi connectivity index (χ4n) is 1.44. The number of aromatic nitrogens is 1. The molecule has 1 aromatic carbocycles. The first-order valence-corrected chi connectivity index (χ1v) is 7.03. The zero-order valence-corrected chi connectivity index (χ0v) is 11.1. The molecular weight excluding hydrogens is 286 g/mol. The molecule has 0 saturated heterocycles. The van der Waals surface area contributed by atoms with Gasteiger partial charge in [-0.05, 0) is 24.3 Å². The number of halogens is 1. The largest absolute Gasteiger partial charge is 0.278 e. The standard InChI is InChI=1S/C12H8ClN3O2S/c13-9-4-1-2-5-10(9)16-19(17,18)12-6-3-7-15-11(12)8-14/h1-7,16H. The smallest absolute Gasteiger partial charge is 0.264 e. The minimum absolute atomic E-state index is 0.165. The molecule has 0 saturated carbocycles. The number of para-hydroxylation sites is 1. The van der Waals surface area contributed by atoms with Crippen LogP contribution >= 0.6 is 11.6 Å². The summed E-state index contributed by atoms with van der Waals surface area (Å²) in [4.78, 5) is 3.53. The molecule has 1 aromatic heterocycles. The van der Waals surface area contributed by atoms with Crippen molar-refractivity contribution >= 4 is 27.3 Å². The second kappa shape index (κ2) is 5.26. The zero-order chi connectivity index (χ0) is 13.9. The van der Waals surface area contributed by atoms with E-state index in [9.17, 15) is 8.42 Å². The van der Waals surface area contributed by atoms with Gasteiger partial charge in [-0.15, -0.1) is 0 Å². The van der Waals surface area contributed by atoms with Gasteiger partial charge in [0.15, 0.2) is 5.69 Å². The molecule has 19 heavy (non-hydrogen) atoms. The molecule has 1 N–H and O–H groups in total. The van der Waals surface area contributed by atoms with Gasteiger partial charge in [-0.1, -0.05) is 23.7 Å². The Labute approximate surface area is 115 Å². The summed E-state index contributed by atoms with van der Waals surface area (Å²) in [7, 11) is -3.90. The van der Waals surface area contributed by atoms with E-state index in [0.717, 1.165) is 0 Å². The molecule has 0 radical (unpaired) electrons. The van der Waals surface area contributed by atoms with Gasteiger partial charge in [0.05, 0.1) is 10.7 Å². The lowest BCUT2D eigenvalue weighted by atomic mass is 10.3. The first-order valence-electron chi connectivity index (χ1n) is 5.17. The molecule has 1 heterocycles. The predicted octanol–water partition coefficient (Wildman–Crippen LogP) is 2.41. The summed E-state index contributed by atoms with van der Waals surface area (Å²) in [5.74, 6) is 0. The fourth-order valence-corrected chi connectivity index (χ4v) is 2.86. The fraction of sp³-hybridized carbons (Fsp3) is 0. The van der Waals surface area contributed by atoms with Crippen LogP contribution in [0.25, 0.3) is 0 Å². The minimum atomic E-state index is -3.90. The Morgan fingerprint density at radius 1 is 1.21 bits per heavy atom. The Morgan fingerprint density at radius 2 is 1.95 bits per heavy atom. The molecule has 0 amide bonds. The molecule has 0 bridgehead atoms. The molecule has 0 unspecified atom stereocenters. The van der Waals surface area contributed by atoms with Gasteiger partial charge in [0.2, 0.25) is 0 Å². The van der Waals surface area contributed by atoms with Crippen molar-refractivity contribution in [2.75, 3.05) is 4.72 Å². The van der Waals surface area contributed by atoms with Crippen molar-refractivity contribution in [1.82, 2.24) is 4.98 Å². The van der Waals surface area contributed by atoms with Crippen LogP contribution in [0.5, 0.6) is 0 Å². The Hall–Kier alpha value is -2.10. The third-order valence-electron chi connectivity index (χ3n) is 2.28. The van der Waals surface area contributed by atoms with Crippen LogP contribution < -0.4 is 4.72 Å². The van der Waals surface area contributed by atoms with Gasteiger partial charge in [-0.25, -0.2) is 13.4 Å². The van der Waals surface area contributed by atoms with Crippen molar-refractivity contribution in [3.8, 4) is 6.07 Å². The molecule has 96 valence electrons. The van der Waals surface area contributed by atoms with Crippen LogP contribution in [0.2, 0.25) is 5.02 Å². The maximum atomic E-state index is 12.2. The predicted molar refractivity (Wildman–Crippen MR) is 71.2 cm³/mol. The molecule has 0 atom stereocenters. The Balaban J connectivity index is 2.45. The monoisotopic (exact) mass is 293 g/mol. The highest BCUT2D eigenvalue weighted by Crippen LogP contribution is 2.24. The van der Waals surface area contributed by atoms with Gasteiger partial charge in [-0.3, -0.25) is 4.72 Å². The molecule has 5 nitrogen and oxygen atoms in total. The Kier molecular flexibility index (Phi) is 3.69. The normalized spacial score (nSPS) is 10.7. The van der Waals surface area contributed by atoms with E-state index in [1.54, 1.807) is 24.3 Å². The van der Waals surface area contributed by atoms with Crippen LogP contribution in [-0.4, -0.2) is 13.4 Å². The van der Waals surface area contributed by atoms with Crippen molar-refractivity contribution < 1.29 is 8.42 Å². The summed E-state index contributed by atoms with van der Waals surface area (Å²) < 4.78 is 26.7. The maximum Gasteiger partial charge on any atom is 0.264 e. The number of pyridine rings is 1. The van der Waals surface area contributed by atoms with Gasteiger partial charge in [0.1, 0.15) is 11.0 Å². The first kappa shape index (κ1) is 13.3. The van der Waals surface area contributed by atoms with E-state index in [4.69, 9.17) is 16.9 Å². The van der Waals surface area contributed by atoms with Gasteiger partial charge in [0, 0.05) is 6.20 Å².